The minimum atomic E-state index is -3.39. The zero-order valence-electron chi connectivity index (χ0n) is 10.7. The van der Waals surface area contributed by atoms with E-state index in [4.69, 9.17) is 11.6 Å². The molecular weight excluding hydrogens is 288 g/mol. The Morgan fingerprint density at radius 1 is 1.53 bits per heavy atom. The van der Waals surface area contributed by atoms with E-state index in [-0.39, 0.29) is 16.5 Å². The summed E-state index contributed by atoms with van der Waals surface area (Å²) in [6.07, 6.45) is 2.62. The number of amides is 1. The van der Waals surface area contributed by atoms with Crippen molar-refractivity contribution in [2.24, 2.45) is 0 Å². The summed E-state index contributed by atoms with van der Waals surface area (Å²) in [7, 11) is -1.98. The van der Waals surface area contributed by atoms with Gasteiger partial charge in [-0.2, -0.15) is 0 Å². The molecule has 0 aromatic heterocycles. The molecule has 104 valence electrons. The number of hydrogen-bond donors (Lipinski definition) is 1. The van der Waals surface area contributed by atoms with Crippen LogP contribution in [0.15, 0.2) is 30.9 Å². The number of hydrogen-bond acceptors (Lipinski definition) is 3. The third kappa shape index (κ3) is 3.97. The van der Waals surface area contributed by atoms with E-state index in [1.807, 2.05) is 0 Å². The molecule has 0 saturated heterocycles. The average Bonchev–Trinajstić information content (AvgIpc) is 2.34. The number of carbonyl (C=O) groups excluding carboxylic acids is 1. The van der Waals surface area contributed by atoms with Crippen LogP contribution >= 0.6 is 11.6 Å². The summed E-state index contributed by atoms with van der Waals surface area (Å²) in [5.74, 6) is -0.381. The molecule has 0 radical (unpaired) electrons. The number of benzene rings is 1. The fraction of sp³-hybridized carbons (Fsp3) is 0.250. The van der Waals surface area contributed by atoms with Gasteiger partial charge in [-0.15, -0.1) is 6.58 Å². The predicted octanol–water partition coefficient (Wildman–Crippen LogP) is 1.65. The summed E-state index contributed by atoms with van der Waals surface area (Å²) in [4.78, 5) is 11.8. The van der Waals surface area contributed by atoms with E-state index in [0.717, 1.165) is 10.6 Å². The Labute approximate surface area is 117 Å². The number of halogens is 1. The van der Waals surface area contributed by atoms with Crippen molar-refractivity contribution in [1.29, 1.82) is 0 Å². The first-order valence-corrected chi connectivity index (χ1v) is 7.62. The molecule has 1 N–H and O–H groups in total. The number of anilines is 1. The molecule has 0 unspecified atom stereocenters. The molecule has 0 saturated carbocycles. The zero-order chi connectivity index (χ0) is 14.6. The molecule has 0 aliphatic carbocycles. The average molecular weight is 303 g/mol. The molecule has 0 atom stereocenters. The minimum absolute atomic E-state index is 0.219. The highest BCUT2D eigenvalue weighted by Crippen LogP contribution is 2.23. The maximum atomic E-state index is 11.8. The second kappa shape index (κ2) is 6.08. The van der Waals surface area contributed by atoms with Gasteiger partial charge in [-0.05, 0) is 18.2 Å². The predicted molar refractivity (Wildman–Crippen MR) is 77.2 cm³/mol. The molecule has 1 aromatic carbocycles. The van der Waals surface area contributed by atoms with Crippen LogP contribution in [0.2, 0.25) is 5.02 Å². The Bertz CT molecular complexity index is 599. The van der Waals surface area contributed by atoms with Gasteiger partial charge in [0.15, 0.2) is 0 Å². The molecule has 1 amide bonds. The number of rotatable bonds is 5. The summed E-state index contributed by atoms with van der Waals surface area (Å²) in [6.45, 7) is 3.80. The molecule has 5 nitrogen and oxygen atoms in total. The Morgan fingerprint density at radius 2 is 2.16 bits per heavy atom. The van der Waals surface area contributed by atoms with Crippen LogP contribution in [0.3, 0.4) is 0 Å². The Hall–Kier alpha value is -1.53. The molecule has 0 bridgehead atoms. The molecular formula is C12H15ClN2O3S. The SMILES string of the molecule is C=CCNC(=O)c1cc(N(C)S(C)(=O)=O)ccc1Cl. The second-order valence-corrected chi connectivity index (χ2v) is 6.31. The van der Waals surface area contributed by atoms with Crippen molar-refractivity contribution in [2.45, 2.75) is 0 Å². The lowest BCUT2D eigenvalue weighted by atomic mass is 10.2. The Kier molecular flexibility index (Phi) is 4.97. The Balaban J connectivity index is 3.14. The largest absolute Gasteiger partial charge is 0.349 e. The quantitative estimate of drug-likeness (QED) is 0.841. The van der Waals surface area contributed by atoms with Gasteiger partial charge >= 0.3 is 0 Å². The normalized spacial score (nSPS) is 10.9. The van der Waals surface area contributed by atoms with Crippen molar-refractivity contribution in [3.63, 3.8) is 0 Å². The van der Waals surface area contributed by atoms with Crippen molar-refractivity contribution in [1.82, 2.24) is 5.32 Å². The van der Waals surface area contributed by atoms with Crippen LogP contribution in [-0.4, -0.2) is 34.2 Å². The highest BCUT2D eigenvalue weighted by molar-refractivity contribution is 7.92. The van der Waals surface area contributed by atoms with Crippen molar-refractivity contribution in [3.05, 3.63) is 41.4 Å². The fourth-order valence-corrected chi connectivity index (χ4v) is 2.03. The molecule has 0 heterocycles. The van der Waals surface area contributed by atoms with Gasteiger partial charge in [-0.1, -0.05) is 17.7 Å². The summed E-state index contributed by atoms with van der Waals surface area (Å²) in [5, 5.41) is 2.84. The van der Waals surface area contributed by atoms with E-state index in [0.29, 0.717) is 12.2 Å². The van der Waals surface area contributed by atoms with Crippen LogP contribution in [-0.2, 0) is 10.0 Å². The lowest BCUT2D eigenvalue weighted by molar-refractivity contribution is 0.0958. The molecule has 0 aliphatic rings. The van der Waals surface area contributed by atoms with Crippen molar-refractivity contribution < 1.29 is 13.2 Å². The topological polar surface area (TPSA) is 66.5 Å². The van der Waals surface area contributed by atoms with Crippen molar-refractivity contribution in [2.75, 3.05) is 24.2 Å². The summed E-state index contributed by atoms with van der Waals surface area (Å²) >= 11 is 5.93. The van der Waals surface area contributed by atoms with Crippen LogP contribution in [0.1, 0.15) is 10.4 Å². The summed E-state index contributed by atoms with van der Waals surface area (Å²) < 4.78 is 24.0. The molecule has 0 spiro atoms. The van der Waals surface area contributed by atoms with Gasteiger partial charge in [0.25, 0.3) is 5.91 Å². The first kappa shape index (κ1) is 15.5. The van der Waals surface area contributed by atoms with Crippen LogP contribution in [0, 0.1) is 0 Å². The molecule has 0 fully saturated rings. The smallest absolute Gasteiger partial charge is 0.253 e. The van der Waals surface area contributed by atoms with E-state index in [2.05, 4.69) is 11.9 Å². The maximum Gasteiger partial charge on any atom is 0.253 e. The van der Waals surface area contributed by atoms with Gasteiger partial charge in [0.1, 0.15) is 0 Å². The van der Waals surface area contributed by atoms with E-state index in [1.165, 1.54) is 31.3 Å². The minimum Gasteiger partial charge on any atom is -0.349 e. The van der Waals surface area contributed by atoms with Crippen LogP contribution < -0.4 is 9.62 Å². The lowest BCUT2D eigenvalue weighted by Crippen LogP contribution is -2.26. The summed E-state index contributed by atoms with van der Waals surface area (Å²) in [5.41, 5.74) is 0.590. The first-order valence-electron chi connectivity index (χ1n) is 5.40. The monoisotopic (exact) mass is 302 g/mol. The van der Waals surface area contributed by atoms with Gasteiger partial charge in [-0.3, -0.25) is 9.10 Å². The molecule has 1 rings (SSSR count). The zero-order valence-corrected chi connectivity index (χ0v) is 12.3. The third-order valence-electron chi connectivity index (χ3n) is 2.46. The first-order chi connectivity index (χ1) is 8.77. The van der Waals surface area contributed by atoms with Gasteiger partial charge in [0.05, 0.1) is 22.5 Å². The molecule has 0 aliphatic heterocycles. The van der Waals surface area contributed by atoms with Gasteiger partial charge < -0.3 is 5.32 Å². The van der Waals surface area contributed by atoms with Crippen LogP contribution in [0.25, 0.3) is 0 Å². The highest BCUT2D eigenvalue weighted by Gasteiger charge is 2.16. The van der Waals surface area contributed by atoms with E-state index >= 15 is 0 Å². The molecule has 19 heavy (non-hydrogen) atoms. The van der Waals surface area contributed by atoms with Gasteiger partial charge in [0, 0.05) is 13.6 Å². The fourth-order valence-electron chi connectivity index (χ4n) is 1.33. The van der Waals surface area contributed by atoms with E-state index in [1.54, 1.807) is 0 Å². The molecule has 7 heteroatoms. The van der Waals surface area contributed by atoms with Gasteiger partial charge in [0.2, 0.25) is 10.0 Å². The van der Waals surface area contributed by atoms with Gasteiger partial charge in [-0.25, -0.2) is 8.42 Å². The highest BCUT2D eigenvalue weighted by atomic mass is 35.5. The third-order valence-corrected chi connectivity index (χ3v) is 4.00. The second-order valence-electron chi connectivity index (χ2n) is 3.89. The van der Waals surface area contributed by atoms with E-state index < -0.39 is 10.0 Å². The molecule has 1 aromatic rings. The lowest BCUT2D eigenvalue weighted by Gasteiger charge is -2.17. The van der Waals surface area contributed by atoms with Crippen LogP contribution in [0.4, 0.5) is 5.69 Å². The number of sulfonamides is 1. The number of nitrogens with zero attached hydrogens (tertiary/aromatic N) is 1. The standard InChI is InChI=1S/C12H15ClN2O3S/c1-4-7-14-12(16)10-8-9(5-6-11(10)13)15(2)19(3,17)18/h4-6,8H,1,7H2,2-3H3,(H,14,16). The van der Waals surface area contributed by atoms with Crippen molar-refractivity contribution in [3.8, 4) is 0 Å². The van der Waals surface area contributed by atoms with E-state index in [9.17, 15) is 13.2 Å². The number of nitrogens with one attached hydrogen (secondary N) is 1. The summed E-state index contributed by atoms with van der Waals surface area (Å²) in [6, 6.07) is 4.46. The van der Waals surface area contributed by atoms with Crippen LogP contribution in [0.5, 0.6) is 0 Å². The Morgan fingerprint density at radius 3 is 2.68 bits per heavy atom. The maximum absolute atomic E-state index is 11.8. The number of carbonyl (C=O) groups is 1. The van der Waals surface area contributed by atoms with Crippen molar-refractivity contribution >= 4 is 33.2 Å².